The molecule has 7 nitrogen and oxygen atoms in total. The van der Waals surface area contributed by atoms with Crippen molar-refractivity contribution in [1.29, 1.82) is 0 Å². The van der Waals surface area contributed by atoms with Gasteiger partial charge in [0.05, 0.1) is 34.3 Å². The Morgan fingerprint density at radius 1 is 1.30 bits per heavy atom. The summed E-state index contributed by atoms with van der Waals surface area (Å²) in [5.41, 5.74) is 2.28. The minimum atomic E-state index is -3.55. The number of sulfonamides is 1. The lowest BCUT2D eigenvalue weighted by atomic mass is 10.2. The Balaban J connectivity index is 2.01. The Morgan fingerprint density at radius 3 is 2.43 bits per heavy atom. The fourth-order valence-corrected chi connectivity index (χ4v) is 3.79. The third kappa shape index (κ3) is 3.59. The van der Waals surface area contributed by atoms with Crippen LogP contribution in [0.4, 0.5) is 0 Å². The van der Waals surface area contributed by atoms with Crippen molar-refractivity contribution >= 4 is 21.6 Å². The number of halogens is 1. The summed E-state index contributed by atoms with van der Waals surface area (Å²) in [6, 6.07) is 0.0406. The fourth-order valence-electron chi connectivity index (χ4n) is 2.42. The molecule has 1 atom stereocenters. The Labute approximate surface area is 141 Å². The lowest BCUT2D eigenvalue weighted by Gasteiger charge is -2.14. The zero-order chi connectivity index (χ0) is 17.4. The second-order valence-electron chi connectivity index (χ2n) is 5.68. The van der Waals surface area contributed by atoms with E-state index in [9.17, 15) is 8.42 Å². The first-order chi connectivity index (χ1) is 10.6. The minimum absolute atomic E-state index is 0.0406. The highest BCUT2D eigenvalue weighted by molar-refractivity contribution is 7.89. The average Bonchev–Trinajstić information content (AvgIpc) is 2.94. The topological polar surface area (TPSA) is 81.8 Å². The summed E-state index contributed by atoms with van der Waals surface area (Å²) in [5, 5.41) is 9.02. The molecule has 0 radical (unpaired) electrons. The summed E-state index contributed by atoms with van der Waals surface area (Å²) >= 11 is 6.14. The molecule has 0 fully saturated rings. The van der Waals surface area contributed by atoms with Gasteiger partial charge in [0.1, 0.15) is 4.90 Å². The highest BCUT2D eigenvalue weighted by Gasteiger charge is 2.20. The third-order valence-corrected chi connectivity index (χ3v) is 6.10. The summed E-state index contributed by atoms with van der Waals surface area (Å²) in [6.07, 6.45) is 1.97. The average molecular weight is 360 g/mol. The van der Waals surface area contributed by atoms with Crippen molar-refractivity contribution in [2.24, 2.45) is 7.05 Å². The van der Waals surface area contributed by atoms with Crippen LogP contribution in [0.15, 0.2) is 11.1 Å². The summed E-state index contributed by atoms with van der Waals surface area (Å²) in [7, 11) is -1.84. The molecule has 2 aromatic rings. The summed E-state index contributed by atoms with van der Waals surface area (Å²) in [5.74, 6) is 0. The van der Waals surface area contributed by atoms with Crippen LogP contribution in [0, 0.1) is 20.8 Å². The Bertz CT molecular complexity index is 809. The molecule has 0 unspecified atom stereocenters. The highest BCUT2D eigenvalue weighted by atomic mass is 35.5. The van der Waals surface area contributed by atoms with Gasteiger partial charge in [-0.3, -0.25) is 9.36 Å². The van der Waals surface area contributed by atoms with Gasteiger partial charge in [0.25, 0.3) is 0 Å². The van der Waals surface area contributed by atoms with Crippen molar-refractivity contribution in [3.05, 3.63) is 28.3 Å². The largest absolute Gasteiger partial charge is 0.272 e. The number of rotatable bonds is 6. The molecule has 2 aromatic heterocycles. The van der Waals surface area contributed by atoms with E-state index in [-0.39, 0.29) is 10.9 Å². The number of nitrogens with one attached hydrogen (secondary N) is 1. The van der Waals surface area contributed by atoms with Gasteiger partial charge >= 0.3 is 0 Å². The van der Waals surface area contributed by atoms with E-state index in [2.05, 4.69) is 14.9 Å². The summed E-state index contributed by atoms with van der Waals surface area (Å²) in [4.78, 5) is 0.210. The van der Waals surface area contributed by atoms with Crippen molar-refractivity contribution in [2.75, 3.05) is 6.54 Å². The van der Waals surface area contributed by atoms with Crippen LogP contribution in [0.1, 0.15) is 36.5 Å². The molecule has 23 heavy (non-hydrogen) atoms. The Morgan fingerprint density at radius 2 is 1.96 bits per heavy atom. The van der Waals surface area contributed by atoms with Gasteiger partial charge in [0.15, 0.2) is 0 Å². The van der Waals surface area contributed by atoms with Crippen molar-refractivity contribution in [3.8, 4) is 0 Å². The zero-order valence-corrected chi connectivity index (χ0v) is 15.5. The van der Waals surface area contributed by atoms with Gasteiger partial charge in [-0.1, -0.05) is 11.6 Å². The normalized spacial score (nSPS) is 13.5. The number of nitrogens with zero attached hydrogens (tertiary/aromatic N) is 4. The molecule has 128 valence electrons. The first kappa shape index (κ1) is 18.0. The van der Waals surface area contributed by atoms with E-state index in [0.717, 1.165) is 11.4 Å². The molecule has 2 heterocycles. The maximum atomic E-state index is 12.3. The Hall–Kier alpha value is -1.38. The lowest BCUT2D eigenvalue weighted by molar-refractivity contribution is 0.446. The maximum Gasteiger partial charge on any atom is 0.243 e. The van der Waals surface area contributed by atoms with E-state index in [4.69, 9.17) is 11.6 Å². The molecule has 0 amide bonds. The van der Waals surface area contributed by atoms with Gasteiger partial charge in [0, 0.05) is 13.6 Å². The van der Waals surface area contributed by atoms with Gasteiger partial charge in [-0.25, -0.2) is 13.1 Å². The predicted molar refractivity (Wildman–Crippen MR) is 89.2 cm³/mol. The van der Waals surface area contributed by atoms with Crippen molar-refractivity contribution < 1.29 is 8.42 Å². The van der Waals surface area contributed by atoms with Gasteiger partial charge in [-0.2, -0.15) is 10.2 Å². The molecule has 0 spiro atoms. The Kier molecular flexibility index (Phi) is 5.17. The fraction of sp³-hybridized carbons (Fsp3) is 0.571. The quantitative estimate of drug-likeness (QED) is 0.856. The first-order valence-electron chi connectivity index (χ1n) is 7.34. The molecular weight excluding hydrogens is 338 g/mol. The predicted octanol–water partition coefficient (Wildman–Crippen LogP) is 2.12. The zero-order valence-electron chi connectivity index (χ0n) is 14.0. The van der Waals surface area contributed by atoms with Crippen LogP contribution >= 0.6 is 11.6 Å². The van der Waals surface area contributed by atoms with Crippen LogP contribution in [0.3, 0.4) is 0 Å². The molecule has 0 aliphatic heterocycles. The lowest BCUT2D eigenvalue weighted by Crippen LogP contribution is -2.27. The number of aromatic nitrogens is 4. The molecule has 0 saturated heterocycles. The number of hydrogen-bond donors (Lipinski definition) is 1. The minimum Gasteiger partial charge on any atom is -0.272 e. The van der Waals surface area contributed by atoms with E-state index < -0.39 is 10.0 Å². The molecule has 2 rings (SSSR count). The first-order valence-corrected chi connectivity index (χ1v) is 9.20. The van der Waals surface area contributed by atoms with Gasteiger partial charge in [-0.05, 0) is 34.1 Å². The van der Waals surface area contributed by atoms with E-state index in [1.807, 2.05) is 25.5 Å². The molecule has 0 aliphatic rings. The molecular formula is C14H22ClN5O2S. The number of aryl methyl sites for hydroxylation is 2. The third-order valence-electron chi connectivity index (χ3n) is 3.99. The van der Waals surface area contributed by atoms with Crippen LogP contribution in [0.5, 0.6) is 0 Å². The summed E-state index contributed by atoms with van der Waals surface area (Å²) < 4.78 is 30.6. The maximum absolute atomic E-state index is 12.3. The molecule has 0 aromatic carbocycles. The highest BCUT2D eigenvalue weighted by Crippen LogP contribution is 2.23. The second-order valence-corrected chi connectivity index (χ2v) is 7.80. The van der Waals surface area contributed by atoms with Gasteiger partial charge in [0.2, 0.25) is 10.0 Å². The smallest absolute Gasteiger partial charge is 0.243 e. The van der Waals surface area contributed by atoms with E-state index in [0.29, 0.717) is 23.7 Å². The number of hydrogen-bond acceptors (Lipinski definition) is 4. The standard InChI is InChI=1S/C14H22ClN5O2S/c1-9(20-12(4)14(15)10(2)18-20)6-7-17-23(21,22)13-8-16-19(5)11(13)3/h8-9,17H,6-7H2,1-5H3/t9-/m0/s1. The summed E-state index contributed by atoms with van der Waals surface area (Å²) in [6.45, 7) is 7.78. The molecule has 0 bridgehead atoms. The molecule has 1 N–H and O–H groups in total. The van der Waals surface area contributed by atoms with E-state index in [1.54, 1.807) is 14.0 Å². The van der Waals surface area contributed by atoms with Crippen LogP contribution in [0.2, 0.25) is 5.02 Å². The van der Waals surface area contributed by atoms with Crippen LogP contribution in [-0.2, 0) is 17.1 Å². The van der Waals surface area contributed by atoms with Gasteiger partial charge < -0.3 is 0 Å². The second kappa shape index (κ2) is 6.62. The molecule has 9 heteroatoms. The molecule has 0 aliphatic carbocycles. The van der Waals surface area contributed by atoms with Gasteiger partial charge in [-0.15, -0.1) is 0 Å². The van der Waals surface area contributed by atoms with Crippen molar-refractivity contribution in [3.63, 3.8) is 0 Å². The SMILES string of the molecule is Cc1nn([C@@H](C)CCNS(=O)(=O)c2cnn(C)c2C)c(C)c1Cl. The molecule has 0 saturated carbocycles. The van der Waals surface area contributed by atoms with Crippen molar-refractivity contribution in [1.82, 2.24) is 24.3 Å². The van der Waals surface area contributed by atoms with E-state index >= 15 is 0 Å². The van der Waals surface area contributed by atoms with Crippen LogP contribution < -0.4 is 4.72 Å². The van der Waals surface area contributed by atoms with E-state index in [1.165, 1.54) is 10.9 Å². The van der Waals surface area contributed by atoms with Crippen LogP contribution in [0.25, 0.3) is 0 Å². The van der Waals surface area contributed by atoms with Crippen LogP contribution in [-0.4, -0.2) is 34.5 Å². The van der Waals surface area contributed by atoms with Crippen molar-refractivity contribution in [2.45, 2.75) is 45.1 Å². The monoisotopic (exact) mass is 359 g/mol.